The number of nitrogens with zero attached hydrogens (tertiary/aromatic N) is 1. The van der Waals surface area contributed by atoms with Crippen molar-refractivity contribution in [3.63, 3.8) is 0 Å². The first kappa shape index (κ1) is 12.9. The van der Waals surface area contributed by atoms with Crippen molar-refractivity contribution in [1.29, 1.82) is 0 Å². The fourth-order valence-electron chi connectivity index (χ4n) is 2.58. The fraction of sp³-hybridized carbons (Fsp3) is 0.500. The topological polar surface area (TPSA) is 58.4 Å². The molecule has 1 aliphatic rings. The maximum absolute atomic E-state index is 11.0. The van der Waals surface area contributed by atoms with Crippen LogP contribution in [0.2, 0.25) is 0 Å². The molecule has 4 nitrogen and oxygen atoms in total. The first-order chi connectivity index (χ1) is 8.60. The zero-order valence-electron chi connectivity index (χ0n) is 11.1. The lowest BCUT2D eigenvalue weighted by molar-refractivity contribution is -0.119. The molecule has 2 rings (SSSR count). The van der Waals surface area contributed by atoms with Crippen LogP contribution in [0.5, 0.6) is 0 Å². The molecule has 0 bridgehead atoms. The molecule has 0 saturated carbocycles. The number of anilines is 1. The number of nitrogens with one attached hydrogen (secondary N) is 1. The number of hydrogen-bond acceptors (Lipinski definition) is 3. The minimum atomic E-state index is 0.0528. The van der Waals surface area contributed by atoms with Crippen LogP contribution >= 0.6 is 0 Å². The minimum absolute atomic E-state index is 0.0528. The number of rotatable bonds is 3. The summed E-state index contributed by atoms with van der Waals surface area (Å²) >= 11 is 0. The predicted molar refractivity (Wildman–Crippen MR) is 73.5 cm³/mol. The number of carbonyl (C=O) groups is 1. The van der Waals surface area contributed by atoms with Crippen molar-refractivity contribution in [3.05, 3.63) is 29.3 Å². The van der Waals surface area contributed by atoms with E-state index in [2.05, 4.69) is 35.3 Å². The van der Waals surface area contributed by atoms with Crippen molar-refractivity contribution in [3.8, 4) is 0 Å². The first-order valence-corrected chi connectivity index (χ1v) is 6.42. The van der Waals surface area contributed by atoms with Gasteiger partial charge in [0, 0.05) is 38.3 Å². The molecule has 0 aromatic heterocycles. The molecular formula is C14H21N3O. The van der Waals surface area contributed by atoms with Gasteiger partial charge in [-0.05, 0) is 30.5 Å². The Morgan fingerprint density at radius 2 is 2.33 bits per heavy atom. The summed E-state index contributed by atoms with van der Waals surface area (Å²) in [4.78, 5) is 13.4. The van der Waals surface area contributed by atoms with E-state index >= 15 is 0 Å². The number of benzene rings is 1. The highest BCUT2D eigenvalue weighted by Gasteiger charge is 2.23. The molecule has 3 N–H and O–H groups in total. The quantitative estimate of drug-likeness (QED) is 0.843. The summed E-state index contributed by atoms with van der Waals surface area (Å²) in [5.74, 6) is 0.0528. The molecule has 1 atom stereocenters. The zero-order valence-corrected chi connectivity index (χ0v) is 11.1. The first-order valence-electron chi connectivity index (χ1n) is 6.42. The van der Waals surface area contributed by atoms with Gasteiger partial charge in [0.2, 0.25) is 5.91 Å². The number of aryl methyl sites for hydroxylation is 1. The van der Waals surface area contributed by atoms with Crippen molar-refractivity contribution in [2.75, 3.05) is 18.0 Å². The Morgan fingerprint density at radius 3 is 2.94 bits per heavy atom. The maximum atomic E-state index is 11.0. The van der Waals surface area contributed by atoms with Crippen molar-refractivity contribution in [1.82, 2.24) is 5.32 Å². The molecule has 1 heterocycles. The Bertz CT molecular complexity index is 445. The van der Waals surface area contributed by atoms with Crippen LogP contribution < -0.4 is 16.0 Å². The summed E-state index contributed by atoms with van der Waals surface area (Å²) in [7, 11) is 0. The van der Waals surface area contributed by atoms with Crippen molar-refractivity contribution >= 4 is 11.6 Å². The molecule has 1 unspecified atom stereocenters. The van der Waals surface area contributed by atoms with Crippen molar-refractivity contribution in [2.24, 2.45) is 5.73 Å². The lowest BCUT2D eigenvalue weighted by Gasteiger charge is -2.21. The average Bonchev–Trinajstić information content (AvgIpc) is 2.76. The van der Waals surface area contributed by atoms with Gasteiger partial charge in [-0.1, -0.05) is 12.1 Å². The molecule has 1 aromatic rings. The summed E-state index contributed by atoms with van der Waals surface area (Å²) < 4.78 is 0. The van der Waals surface area contributed by atoms with Gasteiger partial charge in [-0.15, -0.1) is 0 Å². The zero-order chi connectivity index (χ0) is 13.1. The number of hydrogen-bond donors (Lipinski definition) is 2. The lowest BCUT2D eigenvalue weighted by Crippen LogP contribution is -2.35. The molecule has 0 spiro atoms. The van der Waals surface area contributed by atoms with Gasteiger partial charge in [-0.25, -0.2) is 0 Å². The third-order valence-electron chi connectivity index (χ3n) is 3.43. The van der Waals surface area contributed by atoms with Crippen LogP contribution in [0.4, 0.5) is 5.69 Å². The van der Waals surface area contributed by atoms with Gasteiger partial charge >= 0.3 is 0 Å². The van der Waals surface area contributed by atoms with Gasteiger partial charge < -0.3 is 16.0 Å². The molecule has 1 fully saturated rings. The van der Waals surface area contributed by atoms with Crippen LogP contribution in [-0.2, 0) is 11.3 Å². The van der Waals surface area contributed by atoms with E-state index in [-0.39, 0.29) is 11.9 Å². The van der Waals surface area contributed by atoms with E-state index in [0.29, 0.717) is 6.54 Å². The van der Waals surface area contributed by atoms with Gasteiger partial charge in [-0.3, -0.25) is 4.79 Å². The lowest BCUT2D eigenvalue weighted by atomic mass is 10.1. The Labute approximate surface area is 108 Å². The van der Waals surface area contributed by atoms with Crippen LogP contribution in [0.3, 0.4) is 0 Å². The van der Waals surface area contributed by atoms with Gasteiger partial charge in [0.1, 0.15) is 0 Å². The summed E-state index contributed by atoms with van der Waals surface area (Å²) in [6.07, 6.45) is 1.01. The third-order valence-corrected chi connectivity index (χ3v) is 3.43. The Kier molecular flexibility index (Phi) is 3.87. The molecule has 4 heteroatoms. The van der Waals surface area contributed by atoms with E-state index in [4.69, 9.17) is 5.73 Å². The smallest absolute Gasteiger partial charge is 0.217 e. The molecule has 1 amide bonds. The summed E-state index contributed by atoms with van der Waals surface area (Å²) in [5.41, 5.74) is 9.30. The predicted octanol–water partition coefficient (Wildman–Crippen LogP) is 1.17. The minimum Gasteiger partial charge on any atom is -0.369 e. The molecule has 18 heavy (non-hydrogen) atoms. The van der Waals surface area contributed by atoms with Crippen LogP contribution in [0.25, 0.3) is 0 Å². The molecule has 0 aliphatic carbocycles. The highest BCUT2D eigenvalue weighted by atomic mass is 16.1. The monoisotopic (exact) mass is 247 g/mol. The molecule has 1 saturated heterocycles. The van der Waals surface area contributed by atoms with Gasteiger partial charge in [0.15, 0.2) is 0 Å². The van der Waals surface area contributed by atoms with Gasteiger partial charge in [0.05, 0.1) is 0 Å². The second-order valence-corrected chi connectivity index (χ2v) is 4.96. The second-order valence-electron chi connectivity index (χ2n) is 4.96. The van der Waals surface area contributed by atoms with Gasteiger partial charge in [0.25, 0.3) is 0 Å². The summed E-state index contributed by atoms with van der Waals surface area (Å²) in [6, 6.07) is 6.62. The third kappa shape index (κ3) is 2.82. The highest BCUT2D eigenvalue weighted by Crippen LogP contribution is 2.25. The van der Waals surface area contributed by atoms with E-state index in [1.807, 2.05) is 0 Å². The van der Waals surface area contributed by atoms with Crippen molar-refractivity contribution in [2.45, 2.75) is 32.9 Å². The average molecular weight is 247 g/mol. The van der Waals surface area contributed by atoms with E-state index in [0.717, 1.165) is 25.1 Å². The highest BCUT2D eigenvalue weighted by molar-refractivity contribution is 5.73. The molecule has 98 valence electrons. The van der Waals surface area contributed by atoms with E-state index in [9.17, 15) is 4.79 Å². The molecule has 1 aliphatic heterocycles. The molecule has 0 radical (unpaired) electrons. The SMILES string of the molecule is CC(=O)NC1CCN(c2ccc(CN)cc2C)C1. The maximum Gasteiger partial charge on any atom is 0.217 e. The second kappa shape index (κ2) is 5.40. The summed E-state index contributed by atoms with van der Waals surface area (Å²) in [6.45, 7) is 6.15. The standard InChI is InChI=1S/C14H21N3O/c1-10-7-12(8-15)3-4-14(10)17-6-5-13(9-17)16-11(2)18/h3-4,7,13H,5-6,8-9,15H2,1-2H3,(H,16,18). The fourth-order valence-corrected chi connectivity index (χ4v) is 2.58. The largest absolute Gasteiger partial charge is 0.369 e. The molecule has 1 aromatic carbocycles. The Morgan fingerprint density at radius 1 is 1.56 bits per heavy atom. The Hall–Kier alpha value is -1.55. The Balaban J connectivity index is 2.07. The van der Waals surface area contributed by atoms with Crippen LogP contribution in [0, 0.1) is 6.92 Å². The van der Waals surface area contributed by atoms with Crippen LogP contribution in [0.1, 0.15) is 24.5 Å². The van der Waals surface area contributed by atoms with E-state index in [1.54, 1.807) is 6.92 Å². The van der Waals surface area contributed by atoms with Gasteiger partial charge in [-0.2, -0.15) is 0 Å². The van der Waals surface area contributed by atoms with Crippen molar-refractivity contribution < 1.29 is 4.79 Å². The summed E-state index contributed by atoms with van der Waals surface area (Å²) in [5, 5.41) is 2.98. The van der Waals surface area contributed by atoms with E-state index < -0.39 is 0 Å². The van der Waals surface area contributed by atoms with Crippen LogP contribution in [0.15, 0.2) is 18.2 Å². The number of amides is 1. The number of nitrogens with two attached hydrogens (primary N) is 1. The van der Waals surface area contributed by atoms with E-state index in [1.165, 1.54) is 11.3 Å². The molecular weight excluding hydrogens is 226 g/mol. The number of carbonyl (C=O) groups excluding carboxylic acids is 1. The van der Waals surface area contributed by atoms with Crippen LogP contribution in [-0.4, -0.2) is 25.0 Å². The normalized spacial score (nSPS) is 19.1.